The zero-order valence-electron chi connectivity index (χ0n) is 12.2. The first-order valence-corrected chi connectivity index (χ1v) is 8.24. The number of carboxylic acid groups (broad SMARTS) is 1. The smallest absolute Gasteiger partial charge is 0.307 e. The number of rotatable bonds is 4. The van der Waals surface area contributed by atoms with Crippen molar-refractivity contribution in [1.82, 2.24) is 0 Å². The Balaban J connectivity index is 2.12. The number of hydrogen-bond acceptors (Lipinski definition) is 1. The molecule has 4 atom stereocenters. The molecule has 1 aromatic rings. The lowest BCUT2D eigenvalue weighted by Crippen LogP contribution is -2.32. The van der Waals surface area contributed by atoms with E-state index in [4.69, 9.17) is 0 Å². The SMILES string of the molecule is CC1CCC(C(Cc2ccccc2Br)C(=O)O)CC1C. The van der Waals surface area contributed by atoms with Gasteiger partial charge in [0.25, 0.3) is 0 Å². The molecule has 20 heavy (non-hydrogen) atoms. The third kappa shape index (κ3) is 3.63. The second-order valence-electron chi connectivity index (χ2n) is 6.27. The van der Waals surface area contributed by atoms with Crippen molar-refractivity contribution >= 4 is 21.9 Å². The monoisotopic (exact) mass is 338 g/mol. The molecule has 1 saturated carbocycles. The predicted octanol–water partition coefficient (Wildman–Crippen LogP) is 4.76. The van der Waals surface area contributed by atoms with E-state index >= 15 is 0 Å². The van der Waals surface area contributed by atoms with Gasteiger partial charge in [0, 0.05) is 4.47 Å². The van der Waals surface area contributed by atoms with Gasteiger partial charge in [-0.2, -0.15) is 0 Å². The Morgan fingerprint density at radius 3 is 2.60 bits per heavy atom. The highest BCUT2D eigenvalue weighted by atomic mass is 79.9. The highest BCUT2D eigenvalue weighted by Crippen LogP contribution is 2.38. The predicted molar refractivity (Wildman–Crippen MR) is 84.6 cm³/mol. The van der Waals surface area contributed by atoms with E-state index < -0.39 is 5.97 Å². The molecule has 0 bridgehead atoms. The summed E-state index contributed by atoms with van der Waals surface area (Å²) in [6.45, 7) is 4.54. The van der Waals surface area contributed by atoms with Gasteiger partial charge < -0.3 is 5.11 Å². The van der Waals surface area contributed by atoms with E-state index in [-0.39, 0.29) is 5.92 Å². The van der Waals surface area contributed by atoms with Crippen LogP contribution in [-0.2, 0) is 11.2 Å². The molecular weight excluding hydrogens is 316 g/mol. The number of halogens is 1. The minimum Gasteiger partial charge on any atom is -0.481 e. The van der Waals surface area contributed by atoms with Crippen molar-refractivity contribution in [3.05, 3.63) is 34.3 Å². The van der Waals surface area contributed by atoms with E-state index in [0.717, 1.165) is 35.2 Å². The molecule has 1 aliphatic rings. The van der Waals surface area contributed by atoms with Crippen molar-refractivity contribution in [2.75, 3.05) is 0 Å². The summed E-state index contributed by atoms with van der Waals surface area (Å²) in [6, 6.07) is 7.95. The summed E-state index contributed by atoms with van der Waals surface area (Å²) in [4.78, 5) is 11.7. The molecule has 1 aromatic carbocycles. The van der Waals surface area contributed by atoms with Crippen LogP contribution in [0.4, 0.5) is 0 Å². The number of hydrogen-bond donors (Lipinski definition) is 1. The van der Waals surface area contributed by atoms with Gasteiger partial charge in [0.15, 0.2) is 0 Å². The molecule has 2 rings (SSSR count). The highest BCUT2D eigenvalue weighted by Gasteiger charge is 2.34. The van der Waals surface area contributed by atoms with Crippen LogP contribution in [0.5, 0.6) is 0 Å². The Labute approximate surface area is 129 Å². The van der Waals surface area contributed by atoms with Crippen molar-refractivity contribution in [3.8, 4) is 0 Å². The second-order valence-corrected chi connectivity index (χ2v) is 7.12. The lowest BCUT2D eigenvalue weighted by atomic mass is 9.70. The van der Waals surface area contributed by atoms with Gasteiger partial charge in [-0.05, 0) is 48.6 Å². The Hall–Kier alpha value is -0.830. The van der Waals surface area contributed by atoms with Crippen molar-refractivity contribution in [1.29, 1.82) is 0 Å². The molecule has 0 spiro atoms. The third-order valence-corrected chi connectivity index (χ3v) is 5.70. The van der Waals surface area contributed by atoms with E-state index in [2.05, 4.69) is 29.8 Å². The molecule has 0 heterocycles. The Kier molecular flexibility index (Phi) is 5.25. The topological polar surface area (TPSA) is 37.3 Å². The van der Waals surface area contributed by atoms with Crippen LogP contribution in [0.1, 0.15) is 38.7 Å². The Morgan fingerprint density at radius 1 is 1.30 bits per heavy atom. The van der Waals surface area contributed by atoms with Gasteiger partial charge in [0.2, 0.25) is 0 Å². The van der Waals surface area contributed by atoms with Crippen LogP contribution >= 0.6 is 15.9 Å². The van der Waals surface area contributed by atoms with Crippen molar-refractivity contribution in [2.45, 2.75) is 39.5 Å². The molecule has 2 nitrogen and oxygen atoms in total. The highest BCUT2D eigenvalue weighted by molar-refractivity contribution is 9.10. The van der Waals surface area contributed by atoms with Crippen LogP contribution in [0.2, 0.25) is 0 Å². The molecule has 0 amide bonds. The molecule has 1 fully saturated rings. The third-order valence-electron chi connectivity index (χ3n) is 4.92. The van der Waals surface area contributed by atoms with Gasteiger partial charge in [-0.3, -0.25) is 4.79 Å². The maximum Gasteiger partial charge on any atom is 0.307 e. The maximum atomic E-state index is 11.7. The molecule has 3 heteroatoms. The molecule has 1 aliphatic carbocycles. The summed E-state index contributed by atoms with van der Waals surface area (Å²) in [5.41, 5.74) is 1.10. The van der Waals surface area contributed by atoms with E-state index in [1.54, 1.807) is 0 Å². The van der Waals surface area contributed by atoms with Crippen LogP contribution in [-0.4, -0.2) is 11.1 Å². The van der Waals surface area contributed by atoms with Crippen molar-refractivity contribution < 1.29 is 9.90 Å². The summed E-state index contributed by atoms with van der Waals surface area (Å²) in [5.74, 6) is 0.765. The van der Waals surface area contributed by atoms with Gasteiger partial charge in [-0.25, -0.2) is 0 Å². The standard InChI is InChI=1S/C17H23BrO2/c1-11-7-8-13(9-12(11)2)15(17(19)20)10-14-5-3-4-6-16(14)18/h3-6,11-13,15H,7-10H2,1-2H3,(H,19,20). The first-order chi connectivity index (χ1) is 9.49. The van der Waals surface area contributed by atoms with Crippen LogP contribution in [0.15, 0.2) is 28.7 Å². The van der Waals surface area contributed by atoms with Crippen molar-refractivity contribution in [3.63, 3.8) is 0 Å². The number of aliphatic carboxylic acids is 1. The minimum absolute atomic E-state index is 0.261. The maximum absolute atomic E-state index is 11.7. The summed E-state index contributed by atoms with van der Waals surface area (Å²) < 4.78 is 1.02. The lowest BCUT2D eigenvalue weighted by molar-refractivity contribution is -0.144. The van der Waals surface area contributed by atoms with E-state index in [1.807, 2.05) is 24.3 Å². The fourth-order valence-electron chi connectivity index (χ4n) is 3.31. The Bertz CT molecular complexity index is 472. The molecule has 0 saturated heterocycles. The van der Waals surface area contributed by atoms with Crippen LogP contribution in [0, 0.1) is 23.7 Å². The molecular formula is C17H23BrO2. The summed E-state index contributed by atoms with van der Waals surface area (Å²) >= 11 is 3.53. The minimum atomic E-state index is -0.646. The van der Waals surface area contributed by atoms with Gasteiger partial charge >= 0.3 is 5.97 Å². The molecule has 0 aliphatic heterocycles. The zero-order valence-corrected chi connectivity index (χ0v) is 13.8. The molecule has 0 aromatic heterocycles. The second kappa shape index (κ2) is 6.75. The first kappa shape index (κ1) is 15.6. The number of carboxylic acids is 1. The van der Waals surface area contributed by atoms with Gasteiger partial charge in [-0.15, -0.1) is 0 Å². The summed E-state index contributed by atoms with van der Waals surface area (Å²) in [7, 11) is 0. The molecule has 0 radical (unpaired) electrons. The largest absolute Gasteiger partial charge is 0.481 e. The van der Waals surface area contributed by atoms with E-state index in [9.17, 15) is 9.90 Å². The number of benzene rings is 1. The van der Waals surface area contributed by atoms with Gasteiger partial charge in [0.05, 0.1) is 5.92 Å². The van der Waals surface area contributed by atoms with Crippen LogP contribution < -0.4 is 0 Å². The van der Waals surface area contributed by atoms with E-state index in [0.29, 0.717) is 18.3 Å². The number of carbonyl (C=O) groups is 1. The zero-order chi connectivity index (χ0) is 14.7. The lowest BCUT2D eigenvalue weighted by Gasteiger charge is -2.35. The Morgan fingerprint density at radius 2 is 2.00 bits per heavy atom. The average Bonchev–Trinajstić information content (AvgIpc) is 2.41. The molecule has 1 N–H and O–H groups in total. The summed E-state index contributed by atoms with van der Waals surface area (Å²) in [5, 5.41) is 9.61. The first-order valence-electron chi connectivity index (χ1n) is 7.45. The van der Waals surface area contributed by atoms with Gasteiger partial charge in [-0.1, -0.05) is 54.4 Å². The van der Waals surface area contributed by atoms with Crippen LogP contribution in [0.25, 0.3) is 0 Å². The average molecular weight is 339 g/mol. The fraction of sp³-hybridized carbons (Fsp3) is 0.588. The van der Waals surface area contributed by atoms with E-state index in [1.165, 1.54) is 0 Å². The quantitative estimate of drug-likeness (QED) is 0.858. The molecule has 4 unspecified atom stereocenters. The van der Waals surface area contributed by atoms with Crippen LogP contribution in [0.3, 0.4) is 0 Å². The molecule has 110 valence electrons. The van der Waals surface area contributed by atoms with Crippen molar-refractivity contribution in [2.24, 2.45) is 23.7 Å². The normalized spacial score (nSPS) is 28.1. The van der Waals surface area contributed by atoms with Gasteiger partial charge in [0.1, 0.15) is 0 Å². The summed E-state index contributed by atoms with van der Waals surface area (Å²) in [6.07, 6.45) is 3.88. The fourth-order valence-corrected chi connectivity index (χ4v) is 3.76.